The van der Waals surface area contributed by atoms with E-state index in [-0.39, 0.29) is 36.0 Å². The summed E-state index contributed by atoms with van der Waals surface area (Å²) in [6, 6.07) is 9.05. The standard InChI is InChI=1S/C23H22ClF3N8O5S/c1-41(39,40)30-10-17(36)9-15-3-2-8-28-20(15)35-13-29-19(31-35)12-34-22(38)33(11-18(37)23(25,26)27)21(32-34)14-4-6-16(24)7-5-14/h2-8,13,18,30,37H,9-12H2,1H3/t18-/m0/s1. The fraction of sp³-hybridized carbons (Fsp3) is 0.304. The molecular weight excluding hydrogens is 593 g/mol. The van der Waals surface area contributed by atoms with Gasteiger partial charge in [0.15, 0.2) is 29.4 Å². The zero-order valence-electron chi connectivity index (χ0n) is 21.2. The van der Waals surface area contributed by atoms with E-state index in [0.717, 1.165) is 10.9 Å². The van der Waals surface area contributed by atoms with Gasteiger partial charge in [-0.15, -0.1) is 10.2 Å². The Bertz CT molecular complexity index is 1720. The lowest BCUT2D eigenvalue weighted by Crippen LogP contribution is -2.37. The second-order valence-electron chi connectivity index (χ2n) is 8.84. The molecule has 0 amide bonds. The molecule has 0 saturated heterocycles. The van der Waals surface area contributed by atoms with Gasteiger partial charge in [0.2, 0.25) is 10.0 Å². The maximum atomic E-state index is 13.1. The molecule has 2 N–H and O–H groups in total. The van der Waals surface area contributed by atoms with Crippen LogP contribution in [0.4, 0.5) is 13.2 Å². The van der Waals surface area contributed by atoms with E-state index in [1.54, 1.807) is 12.1 Å². The Morgan fingerprint density at radius 1 is 1.15 bits per heavy atom. The quantitative estimate of drug-likeness (QED) is 0.250. The fourth-order valence-electron chi connectivity index (χ4n) is 3.66. The Kier molecular flexibility index (Phi) is 8.71. The molecule has 0 aliphatic carbocycles. The van der Waals surface area contributed by atoms with Crippen molar-refractivity contribution in [3.05, 3.63) is 75.8 Å². The van der Waals surface area contributed by atoms with Gasteiger partial charge in [-0.2, -0.15) is 13.2 Å². The number of aliphatic hydroxyl groups excluding tert-OH is 1. The summed E-state index contributed by atoms with van der Waals surface area (Å²) in [6.45, 7) is -1.86. The van der Waals surface area contributed by atoms with Gasteiger partial charge in [0.25, 0.3) is 0 Å². The summed E-state index contributed by atoms with van der Waals surface area (Å²) in [5.74, 6) is -0.315. The van der Waals surface area contributed by atoms with Gasteiger partial charge in [-0.25, -0.2) is 37.3 Å². The Balaban J connectivity index is 1.62. The molecule has 13 nitrogen and oxygen atoms in total. The molecule has 0 fully saturated rings. The Hall–Kier alpha value is -3.93. The van der Waals surface area contributed by atoms with Gasteiger partial charge >= 0.3 is 11.9 Å². The number of nitrogens with zero attached hydrogens (tertiary/aromatic N) is 7. The third-order valence-electron chi connectivity index (χ3n) is 5.59. The number of rotatable bonds is 11. The lowest BCUT2D eigenvalue weighted by Gasteiger charge is -2.15. The summed E-state index contributed by atoms with van der Waals surface area (Å²) in [7, 11) is -3.56. The summed E-state index contributed by atoms with van der Waals surface area (Å²) in [6.07, 6.45) is -4.33. The highest BCUT2D eigenvalue weighted by Crippen LogP contribution is 2.24. The number of carbonyl (C=O) groups excluding carboxylic acids is 1. The van der Waals surface area contributed by atoms with Crippen LogP contribution in [0.2, 0.25) is 5.02 Å². The van der Waals surface area contributed by atoms with Crippen LogP contribution in [0, 0.1) is 0 Å². The van der Waals surface area contributed by atoms with E-state index in [1.165, 1.54) is 41.5 Å². The molecule has 3 heterocycles. The van der Waals surface area contributed by atoms with E-state index in [2.05, 4.69) is 24.9 Å². The molecule has 3 aromatic heterocycles. The fourth-order valence-corrected chi connectivity index (χ4v) is 4.21. The first kappa shape index (κ1) is 30.0. The van der Waals surface area contributed by atoms with Crippen molar-refractivity contribution >= 4 is 27.4 Å². The van der Waals surface area contributed by atoms with Crippen molar-refractivity contribution in [1.82, 2.24) is 38.8 Å². The average Bonchev–Trinajstić information content (AvgIpc) is 3.48. The Labute approximate surface area is 235 Å². The number of alkyl halides is 3. The van der Waals surface area contributed by atoms with Crippen molar-refractivity contribution in [1.29, 1.82) is 0 Å². The number of halogens is 4. The van der Waals surface area contributed by atoms with E-state index in [9.17, 15) is 36.3 Å². The van der Waals surface area contributed by atoms with Gasteiger partial charge in [0.1, 0.15) is 12.9 Å². The van der Waals surface area contributed by atoms with Crippen LogP contribution >= 0.6 is 11.6 Å². The van der Waals surface area contributed by atoms with Crippen LogP contribution in [0.5, 0.6) is 0 Å². The van der Waals surface area contributed by atoms with Gasteiger partial charge in [-0.1, -0.05) is 17.7 Å². The van der Waals surface area contributed by atoms with Crippen LogP contribution in [-0.4, -0.2) is 78.5 Å². The van der Waals surface area contributed by atoms with Gasteiger partial charge in [0, 0.05) is 28.8 Å². The number of carbonyl (C=O) groups is 1. The number of pyridine rings is 1. The van der Waals surface area contributed by atoms with Gasteiger partial charge < -0.3 is 5.11 Å². The summed E-state index contributed by atoms with van der Waals surface area (Å²) < 4.78 is 66.7. The van der Waals surface area contributed by atoms with E-state index in [0.29, 0.717) is 15.2 Å². The maximum absolute atomic E-state index is 13.1. The maximum Gasteiger partial charge on any atom is 0.416 e. The van der Waals surface area contributed by atoms with Gasteiger partial charge in [0.05, 0.1) is 19.3 Å². The van der Waals surface area contributed by atoms with Crippen LogP contribution < -0.4 is 10.4 Å². The number of sulfonamides is 1. The van der Waals surface area contributed by atoms with Crippen molar-refractivity contribution in [2.75, 3.05) is 12.8 Å². The molecule has 0 bridgehead atoms. The summed E-state index contributed by atoms with van der Waals surface area (Å²) in [5.41, 5.74) is -0.250. The molecule has 218 valence electrons. The van der Waals surface area contributed by atoms with Crippen LogP contribution in [0.3, 0.4) is 0 Å². The largest absolute Gasteiger partial charge is 0.416 e. The first-order valence-electron chi connectivity index (χ1n) is 11.7. The number of ketones is 1. The van der Waals surface area contributed by atoms with Crippen molar-refractivity contribution in [2.24, 2.45) is 0 Å². The Morgan fingerprint density at radius 3 is 2.51 bits per heavy atom. The van der Waals surface area contributed by atoms with Crippen LogP contribution in [0.15, 0.2) is 53.7 Å². The zero-order chi connectivity index (χ0) is 29.9. The number of aliphatic hydroxyl groups is 1. The molecule has 0 aliphatic rings. The molecule has 4 aromatic rings. The monoisotopic (exact) mass is 614 g/mol. The second kappa shape index (κ2) is 11.9. The van der Waals surface area contributed by atoms with Crippen molar-refractivity contribution in [3.8, 4) is 17.2 Å². The van der Waals surface area contributed by atoms with Crippen molar-refractivity contribution < 1.29 is 31.5 Å². The number of benzene rings is 1. The molecular formula is C23H22ClF3N8O5S. The molecule has 0 unspecified atom stereocenters. The minimum Gasteiger partial charge on any atom is -0.382 e. The van der Waals surface area contributed by atoms with Crippen molar-refractivity contribution in [2.45, 2.75) is 31.8 Å². The van der Waals surface area contributed by atoms with Crippen LogP contribution in [0.25, 0.3) is 17.2 Å². The molecule has 1 aromatic carbocycles. The highest BCUT2D eigenvalue weighted by Gasteiger charge is 2.39. The molecule has 0 radical (unpaired) electrons. The lowest BCUT2D eigenvalue weighted by molar-refractivity contribution is -0.207. The molecule has 41 heavy (non-hydrogen) atoms. The average molecular weight is 615 g/mol. The zero-order valence-corrected chi connectivity index (χ0v) is 22.7. The summed E-state index contributed by atoms with van der Waals surface area (Å²) >= 11 is 5.90. The number of hydrogen-bond acceptors (Lipinski definition) is 9. The number of hydrogen-bond donors (Lipinski definition) is 2. The van der Waals surface area contributed by atoms with Crippen LogP contribution in [-0.2, 0) is 34.3 Å². The first-order valence-corrected chi connectivity index (χ1v) is 14.0. The number of Topliss-reactive ketones (excluding diaryl/α,β-unsaturated/α-hetero) is 1. The normalized spacial score (nSPS) is 12.9. The summed E-state index contributed by atoms with van der Waals surface area (Å²) in [4.78, 5) is 33.7. The molecule has 18 heteroatoms. The second-order valence-corrected chi connectivity index (χ2v) is 11.1. The van der Waals surface area contributed by atoms with Crippen LogP contribution in [0.1, 0.15) is 11.4 Å². The molecule has 0 aliphatic heterocycles. The third-order valence-corrected chi connectivity index (χ3v) is 6.51. The first-order chi connectivity index (χ1) is 19.2. The predicted molar refractivity (Wildman–Crippen MR) is 139 cm³/mol. The summed E-state index contributed by atoms with van der Waals surface area (Å²) in [5, 5.41) is 18.4. The minimum atomic E-state index is -4.97. The van der Waals surface area contributed by atoms with E-state index >= 15 is 0 Å². The smallest absolute Gasteiger partial charge is 0.382 e. The van der Waals surface area contributed by atoms with E-state index in [1.807, 2.05) is 0 Å². The molecule has 0 spiro atoms. The van der Waals surface area contributed by atoms with E-state index < -0.39 is 46.9 Å². The molecule has 4 rings (SSSR count). The number of nitrogens with one attached hydrogen (secondary N) is 1. The van der Waals surface area contributed by atoms with Gasteiger partial charge in [-0.05, 0) is 30.3 Å². The van der Waals surface area contributed by atoms with Crippen molar-refractivity contribution in [3.63, 3.8) is 0 Å². The predicted octanol–water partition coefficient (Wildman–Crippen LogP) is 0.973. The van der Waals surface area contributed by atoms with E-state index in [4.69, 9.17) is 11.6 Å². The highest BCUT2D eigenvalue weighted by atomic mass is 35.5. The topological polar surface area (TPSA) is 167 Å². The minimum absolute atomic E-state index is 0.0393. The third kappa shape index (κ3) is 7.63. The number of aromatic nitrogens is 7. The lowest BCUT2D eigenvalue weighted by atomic mass is 10.1. The molecule has 1 atom stereocenters. The SMILES string of the molecule is CS(=O)(=O)NCC(=O)Cc1cccnc1-n1cnc(Cn2nc(-c3ccc(Cl)cc3)n(C[C@H](O)C(F)(F)F)c2=O)n1. The Morgan fingerprint density at radius 2 is 1.85 bits per heavy atom. The highest BCUT2D eigenvalue weighted by molar-refractivity contribution is 7.88. The van der Waals surface area contributed by atoms with Gasteiger partial charge in [-0.3, -0.25) is 9.36 Å². The molecule has 0 saturated carbocycles.